The Morgan fingerprint density at radius 3 is 2.56 bits per heavy atom. The topological polar surface area (TPSA) is 26.9 Å². The molecule has 3 rings (SSSR count). The van der Waals surface area contributed by atoms with Gasteiger partial charge >= 0.3 is 5.69 Å². The number of rotatable bonds is 2. The number of thiophene rings is 1. The van der Waals surface area contributed by atoms with Gasteiger partial charge in [-0.05, 0) is 24.3 Å². The minimum Gasteiger partial charge on any atom is -0.295 e. The van der Waals surface area contributed by atoms with E-state index in [1.54, 1.807) is 16.2 Å². The zero-order chi connectivity index (χ0) is 12.7. The molecule has 0 saturated heterocycles. The van der Waals surface area contributed by atoms with E-state index >= 15 is 0 Å². The molecule has 3 aromatic rings. The molecule has 2 heterocycles. The summed E-state index contributed by atoms with van der Waals surface area (Å²) in [5, 5.41) is 0. The number of aromatic nitrogens is 2. The molecule has 3 nitrogen and oxygen atoms in total. The molecule has 0 saturated carbocycles. The average Bonchev–Trinajstić information content (AvgIpc) is 2.88. The van der Waals surface area contributed by atoms with Crippen molar-refractivity contribution in [2.75, 3.05) is 0 Å². The summed E-state index contributed by atoms with van der Waals surface area (Å²) < 4.78 is 4.19. The van der Waals surface area contributed by atoms with Crippen LogP contribution in [0, 0.1) is 0 Å². The first-order chi connectivity index (χ1) is 8.66. The molecule has 0 fully saturated rings. The minimum absolute atomic E-state index is 0.000669. The van der Waals surface area contributed by atoms with Gasteiger partial charge in [0.2, 0.25) is 0 Å². The predicted molar refractivity (Wildman–Crippen MR) is 75.6 cm³/mol. The quantitative estimate of drug-likeness (QED) is 0.708. The average molecular weight is 279 g/mol. The van der Waals surface area contributed by atoms with E-state index in [2.05, 4.69) is 0 Å². The molecule has 0 amide bonds. The van der Waals surface area contributed by atoms with E-state index in [-0.39, 0.29) is 5.69 Å². The van der Waals surface area contributed by atoms with Gasteiger partial charge in [-0.15, -0.1) is 11.3 Å². The number of halogens is 1. The van der Waals surface area contributed by atoms with Gasteiger partial charge in [0.1, 0.15) is 0 Å². The molecule has 0 aliphatic rings. The van der Waals surface area contributed by atoms with Crippen LogP contribution in [0.3, 0.4) is 0 Å². The zero-order valence-electron chi connectivity index (χ0n) is 9.76. The van der Waals surface area contributed by atoms with Crippen molar-refractivity contribution >= 4 is 34.0 Å². The highest BCUT2D eigenvalue weighted by molar-refractivity contribution is 7.16. The number of benzene rings is 1. The molecule has 0 unspecified atom stereocenters. The van der Waals surface area contributed by atoms with Gasteiger partial charge in [-0.2, -0.15) is 0 Å². The van der Waals surface area contributed by atoms with Crippen molar-refractivity contribution in [3.63, 3.8) is 0 Å². The van der Waals surface area contributed by atoms with Crippen molar-refractivity contribution in [2.24, 2.45) is 7.05 Å². The smallest absolute Gasteiger partial charge is 0.295 e. The second-order valence-corrected chi connectivity index (χ2v) is 5.92. The van der Waals surface area contributed by atoms with Gasteiger partial charge < -0.3 is 0 Å². The van der Waals surface area contributed by atoms with Crippen molar-refractivity contribution in [1.82, 2.24) is 9.13 Å². The first kappa shape index (κ1) is 11.6. The Morgan fingerprint density at radius 1 is 1.17 bits per heavy atom. The van der Waals surface area contributed by atoms with Crippen LogP contribution in [0.4, 0.5) is 0 Å². The van der Waals surface area contributed by atoms with Crippen LogP contribution in [0.5, 0.6) is 0 Å². The van der Waals surface area contributed by atoms with Gasteiger partial charge in [-0.3, -0.25) is 9.13 Å². The molecule has 92 valence electrons. The molecule has 2 aromatic heterocycles. The van der Waals surface area contributed by atoms with Crippen LogP contribution in [0.1, 0.15) is 4.88 Å². The molecule has 1 aromatic carbocycles. The molecule has 0 atom stereocenters. The Morgan fingerprint density at radius 2 is 1.89 bits per heavy atom. The fourth-order valence-corrected chi connectivity index (χ4v) is 3.19. The lowest BCUT2D eigenvalue weighted by atomic mass is 10.3. The highest BCUT2D eigenvalue weighted by Crippen LogP contribution is 2.23. The number of aryl methyl sites for hydroxylation is 1. The van der Waals surface area contributed by atoms with Crippen LogP contribution < -0.4 is 5.69 Å². The minimum atomic E-state index is 0.000669. The monoisotopic (exact) mass is 278 g/mol. The molecule has 0 aliphatic carbocycles. The Balaban J connectivity index is 2.17. The van der Waals surface area contributed by atoms with E-state index < -0.39 is 0 Å². The fraction of sp³-hybridized carbons (Fsp3) is 0.154. The molecule has 18 heavy (non-hydrogen) atoms. The first-order valence-electron chi connectivity index (χ1n) is 5.55. The Bertz CT molecular complexity index is 769. The van der Waals surface area contributed by atoms with E-state index in [0.717, 1.165) is 20.2 Å². The second-order valence-electron chi connectivity index (χ2n) is 4.12. The fourth-order valence-electron chi connectivity index (χ4n) is 2.11. The van der Waals surface area contributed by atoms with Crippen molar-refractivity contribution in [2.45, 2.75) is 6.54 Å². The van der Waals surface area contributed by atoms with Crippen molar-refractivity contribution in [3.8, 4) is 0 Å². The molecule has 0 N–H and O–H groups in total. The maximum Gasteiger partial charge on any atom is 0.329 e. The van der Waals surface area contributed by atoms with Crippen LogP contribution in [0.15, 0.2) is 41.2 Å². The number of hydrogen-bond donors (Lipinski definition) is 0. The van der Waals surface area contributed by atoms with E-state index in [1.807, 2.05) is 36.4 Å². The van der Waals surface area contributed by atoms with Crippen molar-refractivity contribution < 1.29 is 0 Å². The standard InChI is InChI=1S/C13H11ClN2OS/c1-15-10-4-2-3-5-11(10)16(13(15)17)8-9-6-7-12(14)18-9/h2-7H,8H2,1H3. The van der Waals surface area contributed by atoms with Crippen LogP contribution >= 0.6 is 22.9 Å². The molecule has 0 radical (unpaired) electrons. The summed E-state index contributed by atoms with van der Waals surface area (Å²) in [4.78, 5) is 13.3. The summed E-state index contributed by atoms with van der Waals surface area (Å²) in [6, 6.07) is 11.6. The third-order valence-electron chi connectivity index (χ3n) is 2.99. The largest absolute Gasteiger partial charge is 0.329 e. The van der Waals surface area contributed by atoms with Crippen LogP contribution in [-0.2, 0) is 13.6 Å². The third-order valence-corrected chi connectivity index (χ3v) is 4.21. The number of nitrogens with zero attached hydrogens (tertiary/aromatic N) is 2. The predicted octanol–water partition coefficient (Wildman–Crippen LogP) is 3.10. The molecule has 0 bridgehead atoms. The lowest BCUT2D eigenvalue weighted by molar-refractivity contribution is 0.743. The Labute approximate surface area is 113 Å². The highest BCUT2D eigenvalue weighted by Gasteiger charge is 2.10. The maximum atomic E-state index is 12.2. The Kier molecular flexibility index (Phi) is 2.76. The SMILES string of the molecule is Cn1c(=O)n(Cc2ccc(Cl)s2)c2ccccc21. The van der Waals surface area contributed by atoms with Gasteiger partial charge in [-0.1, -0.05) is 23.7 Å². The molecule has 0 aliphatic heterocycles. The van der Waals surface area contributed by atoms with Gasteiger partial charge in [0.25, 0.3) is 0 Å². The van der Waals surface area contributed by atoms with E-state index in [9.17, 15) is 4.79 Å². The Hall–Kier alpha value is -1.52. The van der Waals surface area contributed by atoms with E-state index in [0.29, 0.717) is 6.54 Å². The summed E-state index contributed by atoms with van der Waals surface area (Å²) in [6.45, 7) is 0.567. The highest BCUT2D eigenvalue weighted by atomic mass is 35.5. The normalized spacial score (nSPS) is 11.2. The summed E-state index contributed by atoms with van der Waals surface area (Å²) in [5.74, 6) is 0. The molecule has 0 spiro atoms. The lowest BCUT2D eigenvalue weighted by Crippen LogP contribution is -2.22. The first-order valence-corrected chi connectivity index (χ1v) is 6.75. The second kappa shape index (κ2) is 4.30. The molecule has 5 heteroatoms. The summed E-state index contributed by atoms with van der Waals surface area (Å²) in [5.41, 5.74) is 1.90. The number of hydrogen-bond acceptors (Lipinski definition) is 2. The maximum absolute atomic E-state index is 12.2. The van der Waals surface area contributed by atoms with Gasteiger partial charge in [0, 0.05) is 11.9 Å². The van der Waals surface area contributed by atoms with Gasteiger partial charge in [-0.25, -0.2) is 4.79 Å². The molecular formula is C13H11ClN2OS. The van der Waals surface area contributed by atoms with Gasteiger partial charge in [0.05, 0.1) is 21.9 Å². The summed E-state index contributed by atoms with van der Waals surface area (Å²) in [7, 11) is 1.79. The van der Waals surface area contributed by atoms with Crippen molar-refractivity contribution in [3.05, 3.63) is 56.1 Å². The summed E-state index contributed by atoms with van der Waals surface area (Å²) in [6.07, 6.45) is 0. The summed E-state index contributed by atoms with van der Waals surface area (Å²) >= 11 is 7.42. The van der Waals surface area contributed by atoms with Crippen molar-refractivity contribution in [1.29, 1.82) is 0 Å². The van der Waals surface area contributed by atoms with E-state index in [4.69, 9.17) is 11.6 Å². The number of imidazole rings is 1. The van der Waals surface area contributed by atoms with Crippen LogP contribution in [0.2, 0.25) is 4.34 Å². The lowest BCUT2D eigenvalue weighted by Gasteiger charge is -2.00. The van der Waals surface area contributed by atoms with E-state index in [1.165, 1.54) is 11.3 Å². The third kappa shape index (κ3) is 1.78. The number of fused-ring (bicyclic) bond motifs is 1. The molecular weight excluding hydrogens is 268 g/mol. The zero-order valence-corrected chi connectivity index (χ0v) is 11.3. The van der Waals surface area contributed by atoms with Crippen LogP contribution in [-0.4, -0.2) is 9.13 Å². The number of para-hydroxylation sites is 2. The van der Waals surface area contributed by atoms with Gasteiger partial charge in [0.15, 0.2) is 0 Å². The van der Waals surface area contributed by atoms with Crippen LogP contribution in [0.25, 0.3) is 11.0 Å².